The maximum absolute atomic E-state index is 12.8. The summed E-state index contributed by atoms with van der Waals surface area (Å²) >= 11 is 1.55. The number of nitrogens with zero attached hydrogens (tertiary/aromatic N) is 5. The van der Waals surface area contributed by atoms with Crippen LogP contribution in [0.3, 0.4) is 0 Å². The minimum Gasteiger partial charge on any atom is -0.355 e. The molecule has 0 radical (unpaired) electrons. The average Bonchev–Trinajstić information content (AvgIpc) is 3.02. The zero-order valence-corrected chi connectivity index (χ0v) is 17.3. The predicted molar refractivity (Wildman–Crippen MR) is 111 cm³/mol. The summed E-state index contributed by atoms with van der Waals surface area (Å²) in [7, 11) is 0. The maximum atomic E-state index is 12.8. The Hall–Kier alpha value is -2.46. The van der Waals surface area contributed by atoms with Crippen LogP contribution in [0.25, 0.3) is 10.2 Å². The molecular weight excluding hydrogens is 415 g/mol. The zero-order chi connectivity index (χ0) is 21.3. The first-order valence-electron chi connectivity index (χ1n) is 9.83. The quantitative estimate of drug-likeness (QED) is 0.624. The molecule has 0 spiro atoms. The van der Waals surface area contributed by atoms with E-state index in [1.54, 1.807) is 22.2 Å². The highest BCUT2D eigenvalue weighted by molar-refractivity contribution is 7.18. The Balaban J connectivity index is 1.44. The Bertz CT molecular complexity index is 1080. The van der Waals surface area contributed by atoms with Crippen molar-refractivity contribution in [2.45, 2.75) is 32.6 Å². The van der Waals surface area contributed by atoms with Crippen molar-refractivity contribution >= 4 is 27.4 Å². The van der Waals surface area contributed by atoms with Gasteiger partial charge in [0.25, 0.3) is 5.56 Å². The summed E-state index contributed by atoms with van der Waals surface area (Å²) < 4.78 is 39.9. The molecule has 0 amide bonds. The molecule has 0 aliphatic carbocycles. The second kappa shape index (κ2) is 8.35. The van der Waals surface area contributed by atoms with Crippen LogP contribution in [0.15, 0.2) is 35.5 Å². The van der Waals surface area contributed by atoms with E-state index < -0.39 is 11.7 Å². The fraction of sp³-hybridized carbons (Fsp3) is 0.450. The number of halogens is 3. The zero-order valence-electron chi connectivity index (χ0n) is 16.5. The lowest BCUT2D eigenvalue weighted by molar-refractivity contribution is -0.137. The largest absolute Gasteiger partial charge is 0.417 e. The van der Waals surface area contributed by atoms with Crippen LogP contribution in [0.1, 0.15) is 23.8 Å². The van der Waals surface area contributed by atoms with Crippen LogP contribution in [-0.4, -0.2) is 45.6 Å². The molecule has 10 heteroatoms. The first kappa shape index (κ1) is 20.8. The van der Waals surface area contributed by atoms with Crippen molar-refractivity contribution in [2.24, 2.45) is 0 Å². The van der Waals surface area contributed by atoms with E-state index in [1.807, 2.05) is 11.0 Å². The molecule has 6 nitrogen and oxygen atoms in total. The molecule has 1 saturated heterocycles. The normalized spacial score (nSPS) is 16.2. The number of alkyl halides is 3. The fourth-order valence-electron chi connectivity index (χ4n) is 3.58. The van der Waals surface area contributed by atoms with Crippen LogP contribution in [-0.2, 0) is 19.3 Å². The summed E-state index contributed by atoms with van der Waals surface area (Å²) in [6, 6.07) is 4.41. The SMILES string of the molecule is CCc1cc2c(=O)n(CN3CCCN(c4ccc(C(F)(F)F)cn4)CC3)cnc2s1. The summed E-state index contributed by atoms with van der Waals surface area (Å²) in [6.45, 7) is 5.28. The second-order valence-corrected chi connectivity index (χ2v) is 8.42. The van der Waals surface area contributed by atoms with Crippen LogP contribution in [0.4, 0.5) is 19.0 Å². The van der Waals surface area contributed by atoms with Gasteiger partial charge in [0.1, 0.15) is 17.0 Å². The minimum absolute atomic E-state index is 0.0403. The highest BCUT2D eigenvalue weighted by atomic mass is 32.1. The van der Waals surface area contributed by atoms with Crippen molar-refractivity contribution in [3.63, 3.8) is 0 Å². The third kappa shape index (κ3) is 4.34. The number of pyridine rings is 1. The molecule has 3 aromatic rings. The molecule has 0 bridgehead atoms. The minimum atomic E-state index is -4.39. The topological polar surface area (TPSA) is 54.3 Å². The van der Waals surface area contributed by atoms with Crippen molar-refractivity contribution in [1.29, 1.82) is 0 Å². The van der Waals surface area contributed by atoms with E-state index in [9.17, 15) is 18.0 Å². The Kier molecular flexibility index (Phi) is 5.79. The van der Waals surface area contributed by atoms with Gasteiger partial charge >= 0.3 is 6.18 Å². The summed E-state index contributed by atoms with van der Waals surface area (Å²) in [5.41, 5.74) is -0.786. The molecule has 0 saturated carbocycles. The molecule has 4 rings (SSSR count). The molecule has 0 atom stereocenters. The third-order valence-corrected chi connectivity index (χ3v) is 6.45. The number of anilines is 1. The van der Waals surface area contributed by atoms with Crippen LogP contribution in [0, 0.1) is 0 Å². The fourth-order valence-corrected chi connectivity index (χ4v) is 4.51. The molecule has 0 N–H and O–H groups in total. The highest BCUT2D eigenvalue weighted by Gasteiger charge is 2.31. The van der Waals surface area contributed by atoms with E-state index in [4.69, 9.17) is 0 Å². The van der Waals surface area contributed by atoms with Crippen molar-refractivity contribution in [3.8, 4) is 0 Å². The second-order valence-electron chi connectivity index (χ2n) is 7.31. The van der Waals surface area contributed by atoms with Gasteiger partial charge in [-0.25, -0.2) is 9.97 Å². The van der Waals surface area contributed by atoms with Gasteiger partial charge in [-0.2, -0.15) is 13.2 Å². The first-order chi connectivity index (χ1) is 14.3. The van der Waals surface area contributed by atoms with Gasteiger partial charge < -0.3 is 4.90 Å². The lowest BCUT2D eigenvalue weighted by Crippen LogP contribution is -2.35. The predicted octanol–water partition coefficient (Wildman–Crippen LogP) is 3.60. The molecule has 160 valence electrons. The number of rotatable bonds is 4. The first-order valence-corrected chi connectivity index (χ1v) is 10.6. The van der Waals surface area contributed by atoms with Gasteiger partial charge in [-0.3, -0.25) is 14.3 Å². The molecule has 1 fully saturated rings. The van der Waals surface area contributed by atoms with Gasteiger partial charge in [-0.15, -0.1) is 11.3 Å². The van der Waals surface area contributed by atoms with Crippen molar-refractivity contribution < 1.29 is 13.2 Å². The number of thiophene rings is 1. The molecule has 1 aliphatic heterocycles. The van der Waals surface area contributed by atoms with E-state index in [1.165, 1.54) is 6.07 Å². The molecule has 4 heterocycles. The number of fused-ring (bicyclic) bond motifs is 1. The standard InChI is InChI=1S/C20H22F3N5OS/c1-2-15-10-16-18(30-15)25-12-28(19(16)29)13-26-6-3-7-27(9-8-26)17-5-4-14(11-24-17)20(21,22)23/h4-5,10-12H,2-3,6-9,13H2,1H3. The molecule has 30 heavy (non-hydrogen) atoms. The Morgan fingerprint density at radius 1 is 1.13 bits per heavy atom. The molecule has 1 aliphatic rings. The third-order valence-electron chi connectivity index (χ3n) is 5.26. The van der Waals surface area contributed by atoms with E-state index in [-0.39, 0.29) is 5.56 Å². The average molecular weight is 437 g/mol. The van der Waals surface area contributed by atoms with Gasteiger partial charge in [-0.1, -0.05) is 6.92 Å². The Labute approximate surface area is 175 Å². The maximum Gasteiger partial charge on any atom is 0.417 e. The van der Waals surface area contributed by atoms with Gasteiger partial charge in [0.2, 0.25) is 0 Å². The smallest absolute Gasteiger partial charge is 0.355 e. The summed E-state index contributed by atoms with van der Waals surface area (Å²) in [6.07, 6.45) is -0.208. The van der Waals surface area contributed by atoms with E-state index in [0.29, 0.717) is 37.5 Å². The summed E-state index contributed by atoms with van der Waals surface area (Å²) in [5, 5.41) is 0.657. The van der Waals surface area contributed by atoms with Crippen LogP contribution in [0.2, 0.25) is 0 Å². The van der Waals surface area contributed by atoms with Crippen LogP contribution < -0.4 is 10.5 Å². The summed E-state index contributed by atoms with van der Waals surface area (Å²) in [4.78, 5) is 27.3. The van der Waals surface area contributed by atoms with Crippen molar-refractivity contribution in [1.82, 2.24) is 19.4 Å². The van der Waals surface area contributed by atoms with E-state index >= 15 is 0 Å². The Morgan fingerprint density at radius 2 is 1.97 bits per heavy atom. The highest BCUT2D eigenvalue weighted by Crippen LogP contribution is 2.29. The number of hydrogen-bond donors (Lipinski definition) is 0. The Morgan fingerprint density at radius 3 is 2.67 bits per heavy atom. The summed E-state index contributed by atoms with van der Waals surface area (Å²) in [5.74, 6) is 0.537. The molecule has 3 aromatic heterocycles. The van der Waals surface area contributed by atoms with E-state index in [0.717, 1.165) is 41.4 Å². The van der Waals surface area contributed by atoms with Crippen molar-refractivity contribution in [3.05, 3.63) is 51.5 Å². The molecule has 0 aromatic carbocycles. The van der Waals surface area contributed by atoms with Gasteiger partial charge in [-0.05, 0) is 31.0 Å². The number of hydrogen-bond acceptors (Lipinski definition) is 6. The number of aryl methyl sites for hydroxylation is 1. The van der Waals surface area contributed by atoms with Crippen molar-refractivity contribution in [2.75, 3.05) is 31.1 Å². The van der Waals surface area contributed by atoms with Crippen LogP contribution in [0.5, 0.6) is 0 Å². The van der Waals surface area contributed by atoms with Gasteiger partial charge in [0, 0.05) is 37.3 Å². The lowest BCUT2D eigenvalue weighted by Gasteiger charge is -2.23. The lowest BCUT2D eigenvalue weighted by atomic mass is 10.2. The number of aromatic nitrogens is 3. The monoisotopic (exact) mass is 437 g/mol. The van der Waals surface area contributed by atoms with Gasteiger partial charge in [0.15, 0.2) is 0 Å². The van der Waals surface area contributed by atoms with Crippen LogP contribution >= 0.6 is 11.3 Å². The van der Waals surface area contributed by atoms with Gasteiger partial charge in [0.05, 0.1) is 17.6 Å². The molecular formula is C20H22F3N5OS. The van der Waals surface area contributed by atoms with E-state index in [2.05, 4.69) is 21.8 Å². The molecule has 0 unspecified atom stereocenters.